The molecule has 0 aromatic carbocycles. The van der Waals surface area contributed by atoms with E-state index in [1.807, 2.05) is 6.07 Å². The highest BCUT2D eigenvalue weighted by Gasteiger charge is 2.13. The van der Waals surface area contributed by atoms with Crippen molar-refractivity contribution in [3.8, 4) is 6.07 Å². The summed E-state index contributed by atoms with van der Waals surface area (Å²) in [5.41, 5.74) is -0.155. The Bertz CT molecular complexity index is 553. The molecule has 2 N–H and O–H groups in total. The van der Waals surface area contributed by atoms with E-state index in [4.69, 9.17) is 10.4 Å². The van der Waals surface area contributed by atoms with Crippen molar-refractivity contribution in [2.24, 2.45) is 5.92 Å². The first kappa shape index (κ1) is 15.4. The fourth-order valence-corrected chi connectivity index (χ4v) is 1.52. The number of carbonyl (C=O) groups is 1. The molecule has 1 atom stereocenters. The molecule has 106 valence electrons. The van der Waals surface area contributed by atoms with Crippen LogP contribution in [0.15, 0.2) is 12.3 Å². The smallest absolute Gasteiger partial charge is 0.306 e. The van der Waals surface area contributed by atoms with Crippen LogP contribution < -0.4 is 5.32 Å². The monoisotopic (exact) mass is 278 g/mol. The Hall–Kier alpha value is -2.69. The summed E-state index contributed by atoms with van der Waals surface area (Å²) in [6.45, 7) is 2.06. The molecule has 1 heterocycles. The normalized spacial score (nSPS) is 11.4. The van der Waals surface area contributed by atoms with Gasteiger partial charge in [0.05, 0.1) is 10.8 Å². The van der Waals surface area contributed by atoms with Crippen molar-refractivity contribution in [3.05, 3.63) is 27.9 Å². The molecule has 1 aromatic rings. The fourth-order valence-electron chi connectivity index (χ4n) is 1.52. The molecule has 8 heteroatoms. The van der Waals surface area contributed by atoms with Crippen LogP contribution in [0.25, 0.3) is 0 Å². The fraction of sp³-hybridized carbons (Fsp3) is 0.417. The second kappa shape index (κ2) is 7.04. The van der Waals surface area contributed by atoms with Crippen molar-refractivity contribution in [2.75, 3.05) is 11.9 Å². The summed E-state index contributed by atoms with van der Waals surface area (Å²) in [5, 5.41) is 31.1. The first-order chi connectivity index (χ1) is 9.45. The van der Waals surface area contributed by atoms with E-state index in [9.17, 15) is 14.9 Å². The van der Waals surface area contributed by atoms with E-state index in [1.54, 1.807) is 6.92 Å². The number of anilines is 1. The largest absolute Gasteiger partial charge is 0.481 e. The molecule has 20 heavy (non-hydrogen) atoms. The number of carboxylic acids is 1. The molecule has 0 fully saturated rings. The molecule has 1 unspecified atom stereocenters. The van der Waals surface area contributed by atoms with Crippen LogP contribution in [0.2, 0.25) is 0 Å². The average molecular weight is 278 g/mol. The molecule has 0 saturated heterocycles. The van der Waals surface area contributed by atoms with Crippen molar-refractivity contribution in [1.82, 2.24) is 4.98 Å². The molecule has 1 rings (SSSR count). The zero-order valence-corrected chi connectivity index (χ0v) is 10.9. The van der Waals surface area contributed by atoms with Crippen molar-refractivity contribution in [1.29, 1.82) is 5.26 Å². The van der Waals surface area contributed by atoms with Gasteiger partial charge < -0.3 is 10.4 Å². The average Bonchev–Trinajstić information content (AvgIpc) is 2.42. The van der Waals surface area contributed by atoms with Gasteiger partial charge in [-0.2, -0.15) is 5.26 Å². The number of nitrogens with one attached hydrogen (secondary N) is 1. The Kier molecular flexibility index (Phi) is 5.41. The zero-order chi connectivity index (χ0) is 15.1. The molecule has 0 bridgehead atoms. The molecular weight excluding hydrogens is 264 g/mol. The van der Waals surface area contributed by atoms with Crippen LogP contribution in [-0.2, 0) is 4.79 Å². The molecule has 0 amide bonds. The Labute approximate surface area is 115 Å². The maximum Gasteiger partial charge on any atom is 0.306 e. The summed E-state index contributed by atoms with van der Waals surface area (Å²) in [6, 6.07) is 2.98. The highest BCUT2D eigenvalue weighted by molar-refractivity contribution is 5.69. The lowest BCUT2D eigenvalue weighted by Crippen LogP contribution is -2.12. The van der Waals surface area contributed by atoms with Gasteiger partial charge in [-0.3, -0.25) is 14.9 Å². The van der Waals surface area contributed by atoms with Crippen molar-refractivity contribution in [3.63, 3.8) is 0 Å². The lowest BCUT2D eigenvalue weighted by atomic mass is 10.1. The second-order valence-corrected chi connectivity index (χ2v) is 4.27. The van der Waals surface area contributed by atoms with Crippen LogP contribution in [0, 0.1) is 27.4 Å². The third kappa shape index (κ3) is 4.20. The molecular formula is C12H14N4O4. The number of aliphatic carboxylic acids is 1. The molecule has 0 aliphatic carbocycles. The predicted molar refractivity (Wildman–Crippen MR) is 70.1 cm³/mol. The van der Waals surface area contributed by atoms with E-state index in [2.05, 4.69) is 10.3 Å². The quantitative estimate of drug-likeness (QED) is 0.441. The maximum atomic E-state index is 10.6. The second-order valence-electron chi connectivity index (χ2n) is 4.27. The first-order valence-electron chi connectivity index (χ1n) is 5.97. The number of hydrogen-bond acceptors (Lipinski definition) is 6. The zero-order valence-electron chi connectivity index (χ0n) is 10.9. The Morgan fingerprint density at radius 1 is 1.70 bits per heavy atom. The summed E-state index contributed by atoms with van der Waals surface area (Å²) in [4.78, 5) is 24.4. The molecule has 0 aliphatic heterocycles. The highest BCUT2D eigenvalue weighted by Crippen LogP contribution is 2.18. The number of aromatic nitrogens is 1. The van der Waals surface area contributed by atoms with Gasteiger partial charge in [-0.15, -0.1) is 0 Å². The Morgan fingerprint density at radius 3 is 2.95 bits per heavy atom. The van der Waals surface area contributed by atoms with Gasteiger partial charge in [-0.1, -0.05) is 6.92 Å². The number of nitro groups is 1. The third-order valence-electron chi connectivity index (χ3n) is 2.73. The highest BCUT2D eigenvalue weighted by atomic mass is 16.6. The summed E-state index contributed by atoms with van der Waals surface area (Å²) < 4.78 is 0. The van der Waals surface area contributed by atoms with E-state index < -0.39 is 16.8 Å². The minimum atomic E-state index is -0.851. The van der Waals surface area contributed by atoms with Crippen molar-refractivity contribution >= 4 is 17.5 Å². The number of nitrogens with zero attached hydrogens (tertiary/aromatic N) is 3. The maximum absolute atomic E-state index is 10.6. The minimum absolute atomic E-state index is 0.0884. The lowest BCUT2D eigenvalue weighted by molar-refractivity contribution is -0.385. The van der Waals surface area contributed by atoms with E-state index in [-0.39, 0.29) is 17.1 Å². The van der Waals surface area contributed by atoms with Crippen LogP contribution in [-0.4, -0.2) is 27.5 Å². The van der Waals surface area contributed by atoms with Crippen LogP contribution in [0.5, 0.6) is 0 Å². The van der Waals surface area contributed by atoms with E-state index >= 15 is 0 Å². The number of carboxylic acid groups (broad SMARTS) is 1. The summed E-state index contributed by atoms with van der Waals surface area (Å²) in [6.07, 6.45) is 2.16. The van der Waals surface area contributed by atoms with E-state index in [0.717, 1.165) is 12.3 Å². The van der Waals surface area contributed by atoms with Crippen LogP contribution in [0.3, 0.4) is 0 Å². The number of nitriles is 1. The Morgan fingerprint density at radius 2 is 2.40 bits per heavy atom. The van der Waals surface area contributed by atoms with E-state index in [1.165, 1.54) is 0 Å². The van der Waals surface area contributed by atoms with Gasteiger partial charge in [-0.25, -0.2) is 4.98 Å². The molecule has 0 spiro atoms. The van der Waals surface area contributed by atoms with Crippen molar-refractivity contribution < 1.29 is 14.8 Å². The van der Waals surface area contributed by atoms with Gasteiger partial charge in [0.1, 0.15) is 23.6 Å². The van der Waals surface area contributed by atoms with Gasteiger partial charge in [0, 0.05) is 12.6 Å². The standard InChI is InChI=1S/C12H14N4O4/c1-8(12(17)18)3-2-4-14-11-9(6-13)5-10(7-15-11)16(19)20/h5,7-8H,2-4H2,1H3,(H,14,15)(H,17,18). The molecule has 0 aliphatic rings. The van der Waals surface area contributed by atoms with Gasteiger partial charge in [0.25, 0.3) is 5.69 Å². The van der Waals surface area contributed by atoms with Gasteiger partial charge in [0.15, 0.2) is 0 Å². The summed E-state index contributed by atoms with van der Waals surface area (Å²) in [7, 11) is 0. The molecule has 0 saturated carbocycles. The third-order valence-corrected chi connectivity index (χ3v) is 2.73. The summed E-state index contributed by atoms with van der Waals surface area (Å²) in [5.74, 6) is -1.02. The molecule has 8 nitrogen and oxygen atoms in total. The van der Waals surface area contributed by atoms with E-state index in [0.29, 0.717) is 19.4 Å². The first-order valence-corrected chi connectivity index (χ1v) is 5.97. The van der Waals surface area contributed by atoms with Crippen LogP contribution in [0.1, 0.15) is 25.3 Å². The minimum Gasteiger partial charge on any atom is -0.481 e. The van der Waals surface area contributed by atoms with Crippen molar-refractivity contribution in [2.45, 2.75) is 19.8 Å². The SMILES string of the molecule is CC(CCCNc1ncc([N+](=O)[O-])cc1C#N)C(=O)O. The molecule has 1 aromatic heterocycles. The topological polar surface area (TPSA) is 129 Å². The Balaban J connectivity index is 2.58. The van der Waals surface area contributed by atoms with Crippen LogP contribution >= 0.6 is 0 Å². The van der Waals surface area contributed by atoms with Gasteiger partial charge >= 0.3 is 5.97 Å². The predicted octanol–water partition coefficient (Wildman–Crippen LogP) is 1.77. The summed E-state index contributed by atoms with van der Waals surface area (Å²) >= 11 is 0. The molecule has 0 radical (unpaired) electrons. The number of hydrogen-bond donors (Lipinski definition) is 2. The lowest BCUT2D eigenvalue weighted by Gasteiger charge is -2.08. The van der Waals surface area contributed by atoms with Crippen LogP contribution in [0.4, 0.5) is 11.5 Å². The van der Waals surface area contributed by atoms with Gasteiger partial charge in [-0.05, 0) is 12.8 Å². The number of pyridine rings is 1. The van der Waals surface area contributed by atoms with Gasteiger partial charge in [0.2, 0.25) is 0 Å². The number of rotatable bonds is 7.